The molecular formula is C29H31Cl2N3O6. The van der Waals surface area contributed by atoms with Crippen molar-refractivity contribution in [2.75, 3.05) is 13.7 Å². The summed E-state index contributed by atoms with van der Waals surface area (Å²) in [6, 6.07) is 17.4. The van der Waals surface area contributed by atoms with E-state index in [9.17, 15) is 19.7 Å². The van der Waals surface area contributed by atoms with Crippen LogP contribution in [0.3, 0.4) is 0 Å². The summed E-state index contributed by atoms with van der Waals surface area (Å²) in [6.07, 6.45) is 0.983. The van der Waals surface area contributed by atoms with Gasteiger partial charge in [-0.1, -0.05) is 66.5 Å². The Morgan fingerprint density at radius 1 is 1.02 bits per heavy atom. The first-order valence-electron chi connectivity index (χ1n) is 12.7. The third-order valence-electron chi connectivity index (χ3n) is 6.32. The number of amides is 2. The lowest BCUT2D eigenvalue weighted by atomic mass is 10.0. The normalized spacial score (nSPS) is 12.2. The van der Waals surface area contributed by atoms with E-state index < -0.39 is 23.5 Å². The molecule has 0 unspecified atom stereocenters. The van der Waals surface area contributed by atoms with Crippen LogP contribution in [0.5, 0.6) is 11.5 Å². The Morgan fingerprint density at radius 3 is 2.38 bits per heavy atom. The van der Waals surface area contributed by atoms with Crippen LogP contribution < -0.4 is 14.8 Å². The highest BCUT2D eigenvalue weighted by Crippen LogP contribution is 2.31. The fourth-order valence-electron chi connectivity index (χ4n) is 3.96. The minimum Gasteiger partial charge on any atom is -0.490 e. The molecule has 0 bridgehead atoms. The second kappa shape index (κ2) is 14.5. The summed E-state index contributed by atoms with van der Waals surface area (Å²) in [5, 5.41) is 14.9. The molecule has 3 rings (SSSR count). The Bertz CT molecular complexity index is 1340. The zero-order chi connectivity index (χ0) is 29.2. The Hall–Kier alpha value is -3.82. The molecule has 2 atom stereocenters. The van der Waals surface area contributed by atoms with Crippen LogP contribution in [0.4, 0.5) is 5.69 Å². The molecule has 212 valence electrons. The topological polar surface area (TPSA) is 111 Å². The van der Waals surface area contributed by atoms with Gasteiger partial charge in [-0.3, -0.25) is 19.7 Å². The van der Waals surface area contributed by atoms with Crippen molar-refractivity contribution in [3.63, 3.8) is 0 Å². The highest BCUT2D eigenvalue weighted by atomic mass is 35.5. The van der Waals surface area contributed by atoms with E-state index in [0.717, 1.165) is 12.0 Å². The number of hydrogen-bond donors (Lipinski definition) is 1. The summed E-state index contributed by atoms with van der Waals surface area (Å²) in [5.41, 5.74) is 1.32. The predicted molar refractivity (Wildman–Crippen MR) is 154 cm³/mol. The first-order chi connectivity index (χ1) is 19.1. The van der Waals surface area contributed by atoms with E-state index in [2.05, 4.69) is 5.32 Å². The Morgan fingerprint density at radius 2 is 1.75 bits per heavy atom. The molecule has 3 aromatic carbocycles. The zero-order valence-corrected chi connectivity index (χ0v) is 23.9. The molecule has 0 saturated carbocycles. The van der Waals surface area contributed by atoms with Gasteiger partial charge in [0.15, 0.2) is 6.61 Å². The minimum absolute atomic E-state index is 0.00232. The van der Waals surface area contributed by atoms with Gasteiger partial charge in [0, 0.05) is 31.1 Å². The number of nitro groups is 1. The summed E-state index contributed by atoms with van der Waals surface area (Å²) in [4.78, 5) is 39.4. The number of carbonyl (C=O) groups excluding carboxylic acids is 2. The average molecular weight is 588 g/mol. The van der Waals surface area contributed by atoms with Crippen molar-refractivity contribution in [2.45, 2.75) is 45.3 Å². The van der Waals surface area contributed by atoms with Crippen molar-refractivity contribution < 1.29 is 24.0 Å². The summed E-state index contributed by atoms with van der Waals surface area (Å²) < 4.78 is 10.8. The number of methoxy groups -OCH3 is 1. The lowest BCUT2D eigenvalue weighted by Crippen LogP contribution is -2.53. The zero-order valence-electron chi connectivity index (χ0n) is 22.4. The summed E-state index contributed by atoms with van der Waals surface area (Å²) in [6.45, 7) is 3.49. The van der Waals surface area contributed by atoms with Gasteiger partial charge in [-0.05, 0) is 42.7 Å². The monoisotopic (exact) mass is 587 g/mol. The lowest BCUT2D eigenvalue weighted by molar-refractivity contribution is -0.385. The van der Waals surface area contributed by atoms with Gasteiger partial charge in [0.05, 0.1) is 22.1 Å². The van der Waals surface area contributed by atoms with Crippen LogP contribution in [-0.4, -0.2) is 47.4 Å². The Labute approximate surface area is 243 Å². The molecule has 2 amide bonds. The van der Waals surface area contributed by atoms with Gasteiger partial charge < -0.3 is 19.7 Å². The van der Waals surface area contributed by atoms with Crippen molar-refractivity contribution in [3.8, 4) is 11.5 Å². The molecule has 9 nitrogen and oxygen atoms in total. The molecule has 0 aliphatic carbocycles. The SMILES string of the molecule is CC[C@@H](C)NC(=O)[C@H](Cc1ccccc1)N(Cc1ccc(Cl)c(Cl)c1)C(=O)COc1ccc([N+](=O)[O-])c(OC)c1. The molecular weight excluding hydrogens is 557 g/mol. The maximum absolute atomic E-state index is 13.7. The molecule has 0 radical (unpaired) electrons. The van der Waals surface area contributed by atoms with Crippen LogP contribution in [-0.2, 0) is 22.6 Å². The van der Waals surface area contributed by atoms with Crippen LogP contribution in [0.2, 0.25) is 10.0 Å². The molecule has 0 aliphatic heterocycles. The minimum atomic E-state index is -0.867. The Balaban J connectivity index is 1.94. The van der Waals surface area contributed by atoms with E-state index in [1.807, 2.05) is 44.2 Å². The maximum atomic E-state index is 13.7. The van der Waals surface area contributed by atoms with Crippen LogP contribution in [0.15, 0.2) is 66.7 Å². The van der Waals surface area contributed by atoms with Crippen LogP contribution >= 0.6 is 23.2 Å². The standard InChI is InChI=1S/C29H31Cl2N3O6/c1-4-19(2)32-29(36)26(15-20-8-6-5-7-9-20)33(17-21-10-12-23(30)24(31)14-21)28(35)18-40-22-11-13-25(34(37)38)27(16-22)39-3/h5-14,16,19,26H,4,15,17-18H2,1-3H3,(H,32,36)/t19-,26+/m1/s1. The average Bonchev–Trinajstić information content (AvgIpc) is 2.95. The van der Waals surface area contributed by atoms with Gasteiger partial charge in [0.2, 0.25) is 11.7 Å². The van der Waals surface area contributed by atoms with Crippen molar-refractivity contribution in [1.82, 2.24) is 10.2 Å². The van der Waals surface area contributed by atoms with Gasteiger partial charge >= 0.3 is 5.69 Å². The number of hydrogen-bond acceptors (Lipinski definition) is 6. The van der Waals surface area contributed by atoms with E-state index in [0.29, 0.717) is 15.6 Å². The van der Waals surface area contributed by atoms with Crippen LogP contribution in [0.25, 0.3) is 0 Å². The van der Waals surface area contributed by atoms with Crippen molar-refractivity contribution >= 4 is 40.7 Å². The van der Waals surface area contributed by atoms with Crippen LogP contribution in [0, 0.1) is 10.1 Å². The molecule has 0 saturated heterocycles. The number of nitrogens with zero attached hydrogens (tertiary/aromatic N) is 2. The molecule has 3 aromatic rings. The first-order valence-corrected chi connectivity index (χ1v) is 13.4. The van der Waals surface area contributed by atoms with E-state index in [-0.39, 0.29) is 42.1 Å². The van der Waals surface area contributed by atoms with Gasteiger partial charge in [-0.2, -0.15) is 0 Å². The molecule has 0 fully saturated rings. The largest absolute Gasteiger partial charge is 0.490 e. The summed E-state index contributed by atoms with van der Waals surface area (Å²) in [5.74, 6) is -0.571. The highest BCUT2D eigenvalue weighted by molar-refractivity contribution is 6.42. The van der Waals surface area contributed by atoms with Gasteiger partial charge in [0.25, 0.3) is 5.91 Å². The highest BCUT2D eigenvalue weighted by Gasteiger charge is 2.31. The van der Waals surface area contributed by atoms with E-state index in [4.69, 9.17) is 32.7 Å². The van der Waals surface area contributed by atoms with Crippen molar-refractivity contribution in [1.29, 1.82) is 0 Å². The quantitative estimate of drug-likeness (QED) is 0.198. The third kappa shape index (κ3) is 8.34. The van der Waals surface area contributed by atoms with E-state index >= 15 is 0 Å². The van der Waals surface area contributed by atoms with E-state index in [1.165, 1.54) is 30.2 Å². The molecule has 40 heavy (non-hydrogen) atoms. The number of rotatable bonds is 13. The number of carbonyl (C=O) groups is 2. The van der Waals surface area contributed by atoms with Crippen LogP contribution in [0.1, 0.15) is 31.4 Å². The number of halogens is 2. The van der Waals surface area contributed by atoms with Gasteiger partial charge in [-0.15, -0.1) is 0 Å². The molecule has 0 spiro atoms. The Kier molecular flexibility index (Phi) is 11.2. The van der Waals surface area contributed by atoms with Crippen molar-refractivity contribution in [3.05, 3.63) is 98.0 Å². The molecule has 11 heteroatoms. The van der Waals surface area contributed by atoms with Gasteiger partial charge in [0.1, 0.15) is 11.8 Å². The fourth-order valence-corrected chi connectivity index (χ4v) is 4.28. The van der Waals surface area contributed by atoms with E-state index in [1.54, 1.807) is 18.2 Å². The molecule has 0 aliphatic rings. The molecule has 0 aromatic heterocycles. The number of ether oxygens (including phenoxy) is 2. The lowest BCUT2D eigenvalue weighted by Gasteiger charge is -2.32. The van der Waals surface area contributed by atoms with Crippen molar-refractivity contribution in [2.24, 2.45) is 0 Å². The van der Waals surface area contributed by atoms with Gasteiger partial charge in [-0.25, -0.2) is 0 Å². The smallest absolute Gasteiger partial charge is 0.311 e. The predicted octanol–water partition coefficient (Wildman–Crippen LogP) is 5.84. The first kappa shape index (κ1) is 30.7. The summed E-state index contributed by atoms with van der Waals surface area (Å²) >= 11 is 12.3. The fraction of sp³-hybridized carbons (Fsp3) is 0.310. The second-order valence-corrected chi connectivity index (χ2v) is 9.99. The summed E-state index contributed by atoms with van der Waals surface area (Å²) in [7, 11) is 1.31. The maximum Gasteiger partial charge on any atom is 0.311 e. The molecule has 0 heterocycles. The number of benzene rings is 3. The number of nitrogens with one attached hydrogen (secondary N) is 1. The second-order valence-electron chi connectivity index (χ2n) is 9.17. The molecule has 1 N–H and O–H groups in total. The number of nitro benzene ring substituents is 1. The third-order valence-corrected chi connectivity index (χ3v) is 7.06.